The van der Waals surface area contributed by atoms with E-state index < -0.39 is 0 Å². The predicted molar refractivity (Wildman–Crippen MR) is 42.8 cm³/mol. The largest absolute Gasteiger partial charge is 0.435 e. The van der Waals surface area contributed by atoms with Crippen molar-refractivity contribution in [2.45, 2.75) is 26.2 Å². The molecule has 0 N–H and O–H groups in total. The summed E-state index contributed by atoms with van der Waals surface area (Å²) < 4.78 is 4.72. The molecule has 11 heavy (non-hydrogen) atoms. The van der Waals surface area contributed by atoms with Gasteiger partial charge in [0.1, 0.15) is 0 Å². The summed E-state index contributed by atoms with van der Waals surface area (Å²) in [4.78, 5) is 11.2. The van der Waals surface area contributed by atoms with E-state index in [4.69, 9.17) is 4.74 Å². The Kier molecular flexibility index (Phi) is 2.69. The second-order valence-electron chi connectivity index (χ2n) is 3.12. The van der Waals surface area contributed by atoms with Crippen molar-refractivity contribution in [3.63, 3.8) is 0 Å². The van der Waals surface area contributed by atoms with Gasteiger partial charge in [-0.25, -0.2) is 0 Å². The minimum atomic E-state index is -0.106. The molecule has 2 nitrogen and oxygen atoms in total. The van der Waals surface area contributed by atoms with E-state index in [9.17, 15) is 4.79 Å². The molecule has 0 aromatic heterocycles. The fourth-order valence-electron chi connectivity index (χ4n) is 1.67. The van der Waals surface area contributed by atoms with Crippen LogP contribution in [0.3, 0.4) is 0 Å². The van der Waals surface area contributed by atoms with E-state index in [2.05, 4.69) is 13.5 Å². The molecule has 2 unspecified atom stereocenters. The second kappa shape index (κ2) is 3.56. The first-order valence-corrected chi connectivity index (χ1v) is 4.07. The predicted octanol–water partition coefficient (Wildman–Crippen LogP) is 2.11. The van der Waals surface area contributed by atoms with Crippen molar-refractivity contribution in [3.8, 4) is 0 Å². The molecule has 0 aromatic carbocycles. The third-order valence-electron chi connectivity index (χ3n) is 2.36. The van der Waals surface area contributed by atoms with Gasteiger partial charge in [0.2, 0.25) is 0 Å². The minimum Gasteiger partial charge on any atom is -0.435 e. The van der Waals surface area contributed by atoms with Crippen molar-refractivity contribution in [2.24, 2.45) is 11.8 Å². The van der Waals surface area contributed by atoms with Gasteiger partial charge in [-0.3, -0.25) is 4.79 Å². The fourth-order valence-corrected chi connectivity index (χ4v) is 1.67. The quantitative estimate of drug-likeness (QED) is 0.449. The minimum absolute atomic E-state index is 0.106. The van der Waals surface area contributed by atoms with Crippen molar-refractivity contribution in [2.75, 3.05) is 0 Å². The normalized spacial score (nSPS) is 29.9. The monoisotopic (exact) mass is 154 g/mol. The van der Waals surface area contributed by atoms with Crippen molar-refractivity contribution in [3.05, 3.63) is 12.8 Å². The van der Waals surface area contributed by atoms with Gasteiger partial charge in [0.25, 0.3) is 0 Å². The third kappa shape index (κ3) is 1.82. The highest BCUT2D eigenvalue weighted by molar-refractivity contribution is 5.73. The molecule has 2 atom stereocenters. The molecule has 0 radical (unpaired) electrons. The number of hydrogen-bond donors (Lipinski definition) is 0. The molecule has 1 rings (SSSR count). The van der Waals surface area contributed by atoms with Gasteiger partial charge in [0, 0.05) is 0 Å². The van der Waals surface area contributed by atoms with E-state index in [1.165, 1.54) is 6.26 Å². The summed E-state index contributed by atoms with van der Waals surface area (Å²) >= 11 is 0. The number of carbonyl (C=O) groups excluding carboxylic acids is 1. The zero-order valence-electron chi connectivity index (χ0n) is 6.88. The number of hydrogen-bond acceptors (Lipinski definition) is 2. The Morgan fingerprint density at radius 1 is 1.64 bits per heavy atom. The van der Waals surface area contributed by atoms with Crippen molar-refractivity contribution >= 4 is 5.97 Å². The summed E-state index contributed by atoms with van der Waals surface area (Å²) in [5, 5.41) is 0. The Morgan fingerprint density at radius 2 is 2.36 bits per heavy atom. The molecule has 2 heteroatoms. The lowest BCUT2D eigenvalue weighted by molar-refractivity contribution is -0.143. The lowest BCUT2D eigenvalue weighted by atomic mass is 9.99. The van der Waals surface area contributed by atoms with E-state index in [0.717, 1.165) is 19.3 Å². The van der Waals surface area contributed by atoms with Crippen molar-refractivity contribution < 1.29 is 9.53 Å². The SMILES string of the molecule is C=COC(=O)C1CCCC1C. The summed E-state index contributed by atoms with van der Waals surface area (Å²) in [5.74, 6) is 0.500. The van der Waals surface area contributed by atoms with E-state index in [1.54, 1.807) is 0 Å². The molecule has 1 saturated carbocycles. The summed E-state index contributed by atoms with van der Waals surface area (Å²) in [5.41, 5.74) is 0. The number of rotatable bonds is 2. The Bertz CT molecular complexity index is 163. The van der Waals surface area contributed by atoms with Crippen LogP contribution in [-0.2, 0) is 9.53 Å². The van der Waals surface area contributed by atoms with Crippen molar-refractivity contribution in [1.82, 2.24) is 0 Å². The van der Waals surface area contributed by atoms with Gasteiger partial charge in [-0.15, -0.1) is 0 Å². The summed E-state index contributed by atoms with van der Waals surface area (Å²) in [6, 6.07) is 0. The van der Waals surface area contributed by atoms with Crippen LogP contribution < -0.4 is 0 Å². The molecule has 62 valence electrons. The van der Waals surface area contributed by atoms with E-state index in [-0.39, 0.29) is 11.9 Å². The number of esters is 1. The van der Waals surface area contributed by atoms with Crippen LogP contribution >= 0.6 is 0 Å². The second-order valence-corrected chi connectivity index (χ2v) is 3.12. The standard InChI is InChI=1S/C9H14O2/c1-3-11-9(10)8-6-4-5-7(8)2/h3,7-8H,1,4-6H2,2H3. The van der Waals surface area contributed by atoms with Crippen LogP contribution in [0.1, 0.15) is 26.2 Å². The maximum absolute atomic E-state index is 11.2. The molecule has 0 amide bonds. The van der Waals surface area contributed by atoms with Crippen LogP contribution in [0, 0.1) is 11.8 Å². The van der Waals surface area contributed by atoms with Gasteiger partial charge in [0.15, 0.2) is 0 Å². The molecular formula is C9H14O2. The van der Waals surface area contributed by atoms with Gasteiger partial charge in [0.05, 0.1) is 12.2 Å². The first kappa shape index (κ1) is 8.31. The highest BCUT2D eigenvalue weighted by Gasteiger charge is 2.30. The van der Waals surface area contributed by atoms with Crippen LogP contribution in [0.4, 0.5) is 0 Å². The lowest BCUT2D eigenvalue weighted by Gasteiger charge is -2.11. The fraction of sp³-hybridized carbons (Fsp3) is 0.667. The molecule has 1 aliphatic carbocycles. The van der Waals surface area contributed by atoms with E-state index in [0.29, 0.717) is 5.92 Å². The highest BCUT2D eigenvalue weighted by Crippen LogP contribution is 2.31. The average molecular weight is 154 g/mol. The van der Waals surface area contributed by atoms with Gasteiger partial charge >= 0.3 is 5.97 Å². The van der Waals surface area contributed by atoms with Crippen LogP contribution in [0.2, 0.25) is 0 Å². The smallest absolute Gasteiger partial charge is 0.313 e. The van der Waals surface area contributed by atoms with Gasteiger partial charge < -0.3 is 4.74 Å². The molecule has 1 fully saturated rings. The average Bonchev–Trinajstić information content (AvgIpc) is 2.36. The molecule has 0 aromatic rings. The Morgan fingerprint density at radius 3 is 2.82 bits per heavy atom. The molecular weight excluding hydrogens is 140 g/mol. The number of carbonyl (C=O) groups is 1. The molecule has 1 aliphatic rings. The van der Waals surface area contributed by atoms with Crippen molar-refractivity contribution in [1.29, 1.82) is 0 Å². The zero-order chi connectivity index (χ0) is 8.27. The summed E-state index contributed by atoms with van der Waals surface area (Å²) in [6.45, 7) is 5.45. The molecule has 0 aliphatic heterocycles. The molecule has 0 spiro atoms. The van der Waals surface area contributed by atoms with Crippen LogP contribution in [0.25, 0.3) is 0 Å². The topological polar surface area (TPSA) is 26.3 Å². The summed E-state index contributed by atoms with van der Waals surface area (Å²) in [6.07, 6.45) is 4.50. The van der Waals surface area contributed by atoms with Gasteiger partial charge in [-0.05, 0) is 18.8 Å². The van der Waals surface area contributed by atoms with Gasteiger partial charge in [-0.2, -0.15) is 0 Å². The first-order valence-electron chi connectivity index (χ1n) is 4.07. The maximum atomic E-state index is 11.2. The Balaban J connectivity index is 2.45. The Labute approximate surface area is 67.2 Å². The van der Waals surface area contributed by atoms with E-state index in [1.807, 2.05) is 0 Å². The maximum Gasteiger partial charge on any atom is 0.313 e. The Hall–Kier alpha value is -0.790. The van der Waals surface area contributed by atoms with Crippen LogP contribution in [0.15, 0.2) is 12.8 Å². The lowest BCUT2D eigenvalue weighted by Crippen LogP contribution is -2.17. The summed E-state index contributed by atoms with van der Waals surface area (Å²) in [7, 11) is 0. The van der Waals surface area contributed by atoms with Gasteiger partial charge in [-0.1, -0.05) is 19.9 Å². The van der Waals surface area contributed by atoms with Crippen LogP contribution in [-0.4, -0.2) is 5.97 Å². The third-order valence-corrected chi connectivity index (χ3v) is 2.36. The molecule has 0 heterocycles. The molecule has 0 saturated heterocycles. The number of ether oxygens (including phenoxy) is 1. The zero-order valence-corrected chi connectivity index (χ0v) is 6.88. The van der Waals surface area contributed by atoms with E-state index >= 15 is 0 Å². The molecule has 0 bridgehead atoms. The first-order chi connectivity index (χ1) is 5.25. The highest BCUT2D eigenvalue weighted by atomic mass is 16.5. The van der Waals surface area contributed by atoms with Crippen LogP contribution in [0.5, 0.6) is 0 Å².